The molecule has 0 radical (unpaired) electrons. The van der Waals surface area contributed by atoms with E-state index in [2.05, 4.69) is 32.8 Å². The molecule has 1 aliphatic carbocycles. The number of thiophene rings is 1. The van der Waals surface area contributed by atoms with E-state index in [0.717, 1.165) is 30.5 Å². The third-order valence-electron chi connectivity index (χ3n) is 3.35. The largest absolute Gasteiger partial charge is 0.324 e. The fraction of sp³-hybridized carbons (Fsp3) is 0.357. The number of nitrogens with one attached hydrogen (secondary N) is 1. The van der Waals surface area contributed by atoms with Crippen LogP contribution in [0.4, 0.5) is 5.69 Å². The fourth-order valence-electron chi connectivity index (χ4n) is 2.22. The summed E-state index contributed by atoms with van der Waals surface area (Å²) in [6.45, 7) is 1.91. The minimum Gasteiger partial charge on any atom is -0.324 e. The Hall–Kier alpha value is -1.43. The van der Waals surface area contributed by atoms with Gasteiger partial charge in [-0.05, 0) is 36.4 Å². The topological polar surface area (TPSA) is 54.2 Å². The zero-order valence-corrected chi connectivity index (χ0v) is 11.6. The SMILES string of the molecule is NNc1ccnc(CN(Cc2cccs2)C2CC2)c1. The number of rotatable bonds is 6. The summed E-state index contributed by atoms with van der Waals surface area (Å²) in [7, 11) is 0. The summed E-state index contributed by atoms with van der Waals surface area (Å²) in [5.41, 5.74) is 4.66. The zero-order chi connectivity index (χ0) is 13.1. The van der Waals surface area contributed by atoms with Gasteiger partial charge in [-0.25, -0.2) is 0 Å². The van der Waals surface area contributed by atoms with Gasteiger partial charge in [0.25, 0.3) is 0 Å². The van der Waals surface area contributed by atoms with Crippen molar-refractivity contribution in [1.82, 2.24) is 9.88 Å². The van der Waals surface area contributed by atoms with Gasteiger partial charge in [0.2, 0.25) is 0 Å². The Morgan fingerprint density at radius 1 is 1.37 bits per heavy atom. The lowest BCUT2D eigenvalue weighted by atomic mass is 10.3. The quantitative estimate of drug-likeness (QED) is 0.628. The normalized spacial score (nSPS) is 14.8. The number of pyridine rings is 1. The van der Waals surface area contributed by atoms with E-state index in [4.69, 9.17) is 5.84 Å². The molecule has 2 aromatic heterocycles. The van der Waals surface area contributed by atoms with Crippen molar-refractivity contribution in [2.75, 3.05) is 5.43 Å². The maximum Gasteiger partial charge on any atom is 0.0565 e. The van der Waals surface area contributed by atoms with E-state index in [0.29, 0.717) is 0 Å². The molecule has 0 spiro atoms. The molecule has 2 heterocycles. The predicted octanol–water partition coefficient (Wildman–Crippen LogP) is 2.59. The number of hydrogen-bond donors (Lipinski definition) is 2. The second kappa shape index (κ2) is 5.69. The minimum absolute atomic E-state index is 0.721. The lowest BCUT2D eigenvalue weighted by molar-refractivity contribution is 0.245. The third kappa shape index (κ3) is 3.32. The maximum absolute atomic E-state index is 5.44. The van der Waals surface area contributed by atoms with Crippen molar-refractivity contribution in [2.24, 2.45) is 5.84 Å². The zero-order valence-electron chi connectivity index (χ0n) is 10.7. The molecule has 1 saturated carbocycles. The first-order chi connectivity index (χ1) is 9.35. The molecule has 0 saturated heterocycles. The van der Waals surface area contributed by atoms with Crippen LogP contribution in [-0.2, 0) is 13.1 Å². The van der Waals surface area contributed by atoms with Crippen molar-refractivity contribution in [2.45, 2.75) is 32.0 Å². The number of hydrazine groups is 1. The molecule has 4 nitrogen and oxygen atoms in total. The van der Waals surface area contributed by atoms with Crippen LogP contribution < -0.4 is 11.3 Å². The fourth-order valence-corrected chi connectivity index (χ4v) is 2.95. The first-order valence-electron chi connectivity index (χ1n) is 6.53. The predicted molar refractivity (Wildman–Crippen MR) is 78.6 cm³/mol. The molecule has 0 bridgehead atoms. The summed E-state index contributed by atoms with van der Waals surface area (Å²) in [5, 5.41) is 2.14. The Balaban J connectivity index is 1.70. The Kier molecular flexibility index (Phi) is 3.77. The molecular weight excluding hydrogens is 256 g/mol. The van der Waals surface area contributed by atoms with Gasteiger partial charge in [-0.1, -0.05) is 6.07 Å². The molecule has 1 aliphatic rings. The number of hydrogen-bond acceptors (Lipinski definition) is 5. The molecule has 0 amide bonds. The molecule has 5 heteroatoms. The lowest BCUT2D eigenvalue weighted by Crippen LogP contribution is -2.25. The van der Waals surface area contributed by atoms with Crippen LogP contribution in [0.25, 0.3) is 0 Å². The highest BCUT2D eigenvalue weighted by atomic mass is 32.1. The molecule has 0 aromatic carbocycles. The number of aromatic nitrogens is 1. The van der Waals surface area contributed by atoms with Crippen LogP contribution in [0.5, 0.6) is 0 Å². The van der Waals surface area contributed by atoms with Crippen LogP contribution >= 0.6 is 11.3 Å². The molecule has 0 aliphatic heterocycles. The number of nitrogens with two attached hydrogens (primary N) is 1. The Labute approximate surface area is 117 Å². The highest BCUT2D eigenvalue weighted by Crippen LogP contribution is 2.30. The van der Waals surface area contributed by atoms with Gasteiger partial charge in [-0.15, -0.1) is 11.3 Å². The van der Waals surface area contributed by atoms with Crippen molar-refractivity contribution >= 4 is 17.0 Å². The van der Waals surface area contributed by atoms with E-state index < -0.39 is 0 Å². The summed E-state index contributed by atoms with van der Waals surface area (Å²) < 4.78 is 0. The van der Waals surface area contributed by atoms with Gasteiger partial charge in [0.1, 0.15) is 0 Å². The highest BCUT2D eigenvalue weighted by molar-refractivity contribution is 7.09. The van der Waals surface area contributed by atoms with E-state index in [9.17, 15) is 0 Å². The Morgan fingerprint density at radius 3 is 2.95 bits per heavy atom. The summed E-state index contributed by atoms with van der Waals surface area (Å²) in [4.78, 5) is 8.36. The standard InChI is InChI=1S/C14H18N4S/c15-17-11-5-6-16-12(8-11)9-18(13-3-4-13)10-14-2-1-7-19-14/h1-2,5-8,13H,3-4,9-10,15H2,(H,16,17). The van der Waals surface area contributed by atoms with Crippen molar-refractivity contribution in [1.29, 1.82) is 0 Å². The van der Waals surface area contributed by atoms with Crippen LogP contribution in [0.2, 0.25) is 0 Å². The van der Waals surface area contributed by atoms with Crippen molar-refractivity contribution in [3.05, 3.63) is 46.4 Å². The van der Waals surface area contributed by atoms with Gasteiger partial charge in [0, 0.05) is 30.2 Å². The molecule has 0 unspecified atom stereocenters. The number of anilines is 1. The first-order valence-corrected chi connectivity index (χ1v) is 7.41. The smallest absolute Gasteiger partial charge is 0.0565 e. The molecule has 3 rings (SSSR count). The summed E-state index contributed by atoms with van der Waals surface area (Å²) in [6.07, 6.45) is 4.42. The number of nitrogen functional groups attached to an aromatic ring is 1. The number of nitrogens with zero attached hydrogens (tertiary/aromatic N) is 2. The molecule has 1 fully saturated rings. The van der Waals surface area contributed by atoms with Gasteiger partial charge in [0.15, 0.2) is 0 Å². The van der Waals surface area contributed by atoms with Crippen LogP contribution in [0.15, 0.2) is 35.8 Å². The first kappa shape index (κ1) is 12.6. The second-order valence-electron chi connectivity index (χ2n) is 4.90. The van der Waals surface area contributed by atoms with Gasteiger partial charge < -0.3 is 5.43 Å². The van der Waals surface area contributed by atoms with Crippen LogP contribution in [0, 0.1) is 0 Å². The molecule has 0 atom stereocenters. The molecule has 19 heavy (non-hydrogen) atoms. The second-order valence-corrected chi connectivity index (χ2v) is 5.93. The van der Waals surface area contributed by atoms with Gasteiger partial charge >= 0.3 is 0 Å². The van der Waals surface area contributed by atoms with Crippen molar-refractivity contribution in [3.8, 4) is 0 Å². The lowest BCUT2D eigenvalue weighted by Gasteiger charge is -2.21. The van der Waals surface area contributed by atoms with Gasteiger partial charge in [-0.3, -0.25) is 15.7 Å². The van der Waals surface area contributed by atoms with E-state index in [1.165, 1.54) is 17.7 Å². The molecular formula is C14H18N4S. The summed E-state index contributed by atoms with van der Waals surface area (Å²) >= 11 is 1.82. The molecule has 100 valence electrons. The maximum atomic E-state index is 5.44. The van der Waals surface area contributed by atoms with Crippen LogP contribution in [-0.4, -0.2) is 15.9 Å². The van der Waals surface area contributed by atoms with Crippen molar-refractivity contribution < 1.29 is 0 Å². The summed E-state index contributed by atoms with van der Waals surface area (Å²) in [6, 6.07) is 8.93. The average Bonchev–Trinajstić information content (AvgIpc) is 3.17. The molecule has 2 aromatic rings. The minimum atomic E-state index is 0.721. The van der Waals surface area contributed by atoms with E-state index in [1.54, 1.807) is 6.20 Å². The van der Waals surface area contributed by atoms with Crippen LogP contribution in [0.3, 0.4) is 0 Å². The van der Waals surface area contributed by atoms with Gasteiger partial charge in [0.05, 0.1) is 11.4 Å². The summed E-state index contributed by atoms with van der Waals surface area (Å²) in [5.74, 6) is 5.44. The highest BCUT2D eigenvalue weighted by Gasteiger charge is 2.29. The molecule has 3 N–H and O–H groups in total. The van der Waals surface area contributed by atoms with Crippen molar-refractivity contribution in [3.63, 3.8) is 0 Å². The van der Waals surface area contributed by atoms with Gasteiger partial charge in [-0.2, -0.15) is 0 Å². The average molecular weight is 274 g/mol. The van der Waals surface area contributed by atoms with E-state index >= 15 is 0 Å². The Morgan fingerprint density at radius 2 is 2.26 bits per heavy atom. The van der Waals surface area contributed by atoms with Crippen LogP contribution in [0.1, 0.15) is 23.4 Å². The monoisotopic (exact) mass is 274 g/mol. The third-order valence-corrected chi connectivity index (χ3v) is 4.21. The van der Waals surface area contributed by atoms with E-state index in [-0.39, 0.29) is 0 Å². The van der Waals surface area contributed by atoms with E-state index in [1.807, 2.05) is 23.5 Å². The Bertz CT molecular complexity index is 522.